The first-order chi connectivity index (χ1) is 11.5. The molecule has 0 bridgehead atoms. The third-order valence-corrected chi connectivity index (χ3v) is 3.50. The zero-order valence-electron chi connectivity index (χ0n) is 14.4. The van der Waals surface area contributed by atoms with Crippen molar-refractivity contribution in [1.82, 2.24) is 4.90 Å². The third-order valence-electron chi connectivity index (χ3n) is 3.50. The molecule has 1 fully saturated rings. The fourth-order valence-corrected chi connectivity index (χ4v) is 2.50. The summed E-state index contributed by atoms with van der Waals surface area (Å²) in [5.41, 5.74) is -0.570. The van der Waals surface area contributed by atoms with E-state index in [-0.39, 0.29) is 24.5 Å². The van der Waals surface area contributed by atoms with Gasteiger partial charge in [-0.15, -0.1) is 13.2 Å². The zero-order chi connectivity index (χ0) is 18.7. The number of carbonyl (C=O) groups is 1. The number of hydrogen-bond acceptors (Lipinski definition) is 4. The van der Waals surface area contributed by atoms with E-state index in [0.29, 0.717) is 12.3 Å². The number of halogens is 3. The van der Waals surface area contributed by atoms with E-state index >= 15 is 0 Å². The van der Waals surface area contributed by atoms with Gasteiger partial charge in [-0.05, 0) is 57.9 Å². The zero-order valence-corrected chi connectivity index (χ0v) is 14.4. The number of rotatable bonds is 4. The number of benzene rings is 1. The quantitative estimate of drug-likeness (QED) is 0.799. The third kappa shape index (κ3) is 6.36. The Kier molecular flexibility index (Phi) is 5.69. The molecule has 0 saturated carbocycles. The summed E-state index contributed by atoms with van der Waals surface area (Å²) in [5, 5.41) is 0. The summed E-state index contributed by atoms with van der Waals surface area (Å²) in [5.74, 6) is 0.0988. The number of amides is 1. The summed E-state index contributed by atoms with van der Waals surface area (Å²) < 4.78 is 51.2. The van der Waals surface area contributed by atoms with Crippen molar-refractivity contribution in [2.75, 3.05) is 13.2 Å². The van der Waals surface area contributed by atoms with E-state index in [0.717, 1.165) is 12.8 Å². The molecule has 1 atom stereocenters. The van der Waals surface area contributed by atoms with Crippen LogP contribution in [-0.4, -0.2) is 42.2 Å². The number of alkyl halides is 3. The molecule has 0 spiro atoms. The SMILES string of the molecule is CC(C)(C)OC(=O)N1CCCC1COc1ccc(OC(F)(F)F)cc1. The van der Waals surface area contributed by atoms with Gasteiger partial charge in [0, 0.05) is 6.54 Å². The Hall–Kier alpha value is -2.12. The average molecular weight is 361 g/mol. The normalized spacial score (nSPS) is 18.2. The number of hydrogen-bond donors (Lipinski definition) is 0. The molecular weight excluding hydrogens is 339 g/mol. The highest BCUT2D eigenvalue weighted by Crippen LogP contribution is 2.26. The highest BCUT2D eigenvalue weighted by molar-refractivity contribution is 5.69. The minimum Gasteiger partial charge on any atom is -0.491 e. The standard InChI is InChI=1S/C17H22F3NO4/c1-16(2,3)25-15(22)21-10-4-5-12(21)11-23-13-6-8-14(9-7-13)24-17(18,19)20/h6-9,12H,4-5,10-11H2,1-3H3. The molecule has 5 nitrogen and oxygen atoms in total. The van der Waals surface area contributed by atoms with Crippen LogP contribution in [0.5, 0.6) is 11.5 Å². The minimum atomic E-state index is -4.72. The van der Waals surface area contributed by atoms with Crippen LogP contribution < -0.4 is 9.47 Å². The molecule has 1 aromatic carbocycles. The molecule has 25 heavy (non-hydrogen) atoms. The van der Waals surface area contributed by atoms with Crippen LogP contribution in [0.1, 0.15) is 33.6 Å². The second-order valence-electron chi connectivity index (χ2n) is 6.80. The Bertz CT molecular complexity index is 581. The number of ether oxygens (including phenoxy) is 3. The summed E-state index contributed by atoms with van der Waals surface area (Å²) in [4.78, 5) is 13.8. The van der Waals surface area contributed by atoms with Crippen molar-refractivity contribution < 1.29 is 32.2 Å². The van der Waals surface area contributed by atoms with Crippen molar-refractivity contribution in [3.63, 3.8) is 0 Å². The maximum Gasteiger partial charge on any atom is 0.573 e. The van der Waals surface area contributed by atoms with Crippen molar-refractivity contribution >= 4 is 6.09 Å². The minimum absolute atomic E-state index is 0.124. The Morgan fingerprint density at radius 3 is 2.32 bits per heavy atom. The van der Waals surface area contributed by atoms with E-state index in [4.69, 9.17) is 9.47 Å². The first-order valence-electron chi connectivity index (χ1n) is 8.02. The lowest BCUT2D eigenvalue weighted by atomic mass is 10.2. The van der Waals surface area contributed by atoms with Crippen LogP contribution in [0.2, 0.25) is 0 Å². The molecule has 0 aromatic heterocycles. The second-order valence-corrected chi connectivity index (χ2v) is 6.80. The van der Waals surface area contributed by atoms with Crippen LogP contribution in [0.4, 0.5) is 18.0 Å². The fraction of sp³-hybridized carbons (Fsp3) is 0.588. The Labute approximate surface area is 144 Å². The van der Waals surface area contributed by atoms with Gasteiger partial charge in [0.05, 0.1) is 6.04 Å². The second kappa shape index (κ2) is 7.41. The smallest absolute Gasteiger partial charge is 0.491 e. The van der Waals surface area contributed by atoms with Crippen molar-refractivity contribution in [2.45, 2.75) is 51.6 Å². The van der Waals surface area contributed by atoms with E-state index < -0.39 is 12.0 Å². The van der Waals surface area contributed by atoms with Crippen LogP contribution in [-0.2, 0) is 4.74 Å². The van der Waals surface area contributed by atoms with Gasteiger partial charge in [0.1, 0.15) is 23.7 Å². The fourth-order valence-electron chi connectivity index (χ4n) is 2.50. The molecule has 1 unspecified atom stereocenters. The molecule has 1 aromatic rings. The first kappa shape index (κ1) is 19.2. The molecule has 1 saturated heterocycles. The molecule has 1 aliphatic rings. The lowest BCUT2D eigenvalue weighted by Crippen LogP contribution is -2.42. The lowest BCUT2D eigenvalue weighted by molar-refractivity contribution is -0.274. The van der Waals surface area contributed by atoms with Crippen molar-refractivity contribution in [2.24, 2.45) is 0 Å². The van der Waals surface area contributed by atoms with Crippen LogP contribution in [0.3, 0.4) is 0 Å². The average Bonchev–Trinajstić information content (AvgIpc) is 2.91. The van der Waals surface area contributed by atoms with E-state index in [1.165, 1.54) is 24.3 Å². The summed E-state index contributed by atoms with van der Waals surface area (Å²) in [6, 6.07) is 5.04. The lowest BCUT2D eigenvalue weighted by Gasteiger charge is -2.28. The van der Waals surface area contributed by atoms with Crippen molar-refractivity contribution in [1.29, 1.82) is 0 Å². The van der Waals surface area contributed by atoms with Gasteiger partial charge in [0.25, 0.3) is 0 Å². The van der Waals surface area contributed by atoms with Gasteiger partial charge >= 0.3 is 12.5 Å². The molecule has 8 heteroatoms. The highest BCUT2D eigenvalue weighted by Gasteiger charge is 2.33. The largest absolute Gasteiger partial charge is 0.573 e. The molecule has 0 aliphatic carbocycles. The van der Waals surface area contributed by atoms with Gasteiger partial charge in [-0.1, -0.05) is 0 Å². The highest BCUT2D eigenvalue weighted by atomic mass is 19.4. The van der Waals surface area contributed by atoms with Gasteiger partial charge in [-0.25, -0.2) is 4.79 Å². The Morgan fingerprint density at radius 1 is 1.16 bits per heavy atom. The first-order valence-corrected chi connectivity index (χ1v) is 8.02. The predicted octanol–water partition coefficient (Wildman–Crippen LogP) is 4.36. The Morgan fingerprint density at radius 2 is 1.76 bits per heavy atom. The predicted molar refractivity (Wildman–Crippen MR) is 84.6 cm³/mol. The monoisotopic (exact) mass is 361 g/mol. The molecular formula is C17H22F3NO4. The van der Waals surface area contributed by atoms with Crippen LogP contribution in [0, 0.1) is 0 Å². The van der Waals surface area contributed by atoms with Gasteiger partial charge in [0.15, 0.2) is 0 Å². The van der Waals surface area contributed by atoms with E-state index in [2.05, 4.69) is 4.74 Å². The van der Waals surface area contributed by atoms with E-state index in [1.807, 2.05) is 0 Å². The molecule has 0 radical (unpaired) electrons. The van der Waals surface area contributed by atoms with E-state index in [1.54, 1.807) is 25.7 Å². The van der Waals surface area contributed by atoms with Crippen LogP contribution in [0.25, 0.3) is 0 Å². The van der Waals surface area contributed by atoms with Crippen LogP contribution >= 0.6 is 0 Å². The summed E-state index contributed by atoms with van der Waals surface area (Å²) >= 11 is 0. The van der Waals surface area contributed by atoms with Crippen LogP contribution in [0.15, 0.2) is 24.3 Å². The molecule has 0 N–H and O–H groups in total. The summed E-state index contributed by atoms with van der Waals surface area (Å²) in [6.07, 6.45) is -3.46. The molecule has 1 amide bonds. The van der Waals surface area contributed by atoms with Gasteiger partial charge in [-0.3, -0.25) is 0 Å². The maximum atomic E-state index is 12.2. The maximum absolute atomic E-state index is 12.2. The van der Waals surface area contributed by atoms with E-state index in [9.17, 15) is 18.0 Å². The molecule has 140 valence electrons. The summed E-state index contributed by atoms with van der Waals surface area (Å²) in [7, 11) is 0. The molecule has 1 aliphatic heterocycles. The topological polar surface area (TPSA) is 48.0 Å². The van der Waals surface area contributed by atoms with Gasteiger partial charge < -0.3 is 19.1 Å². The number of carbonyl (C=O) groups excluding carboxylic acids is 1. The van der Waals surface area contributed by atoms with Crippen molar-refractivity contribution in [3.05, 3.63) is 24.3 Å². The number of likely N-dealkylation sites (tertiary alicyclic amines) is 1. The molecule has 2 rings (SSSR count). The summed E-state index contributed by atoms with van der Waals surface area (Å²) in [6.45, 7) is 6.26. The van der Waals surface area contributed by atoms with Gasteiger partial charge in [-0.2, -0.15) is 0 Å². The van der Waals surface area contributed by atoms with Gasteiger partial charge in [0.2, 0.25) is 0 Å². The van der Waals surface area contributed by atoms with Crippen molar-refractivity contribution in [3.8, 4) is 11.5 Å². The Balaban J connectivity index is 1.88. The molecule has 1 heterocycles. The number of nitrogens with zero attached hydrogens (tertiary/aromatic N) is 1.